The van der Waals surface area contributed by atoms with Gasteiger partial charge in [0.25, 0.3) is 0 Å². The number of nitrogens with zero attached hydrogens (tertiary/aromatic N) is 1. The van der Waals surface area contributed by atoms with E-state index in [2.05, 4.69) is 12.2 Å². The van der Waals surface area contributed by atoms with E-state index in [1.54, 1.807) is 4.90 Å². The van der Waals surface area contributed by atoms with E-state index in [-0.39, 0.29) is 11.9 Å². The van der Waals surface area contributed by atoms with Gasteiger partial charge in [0.2, 0.25) is 5.91 Å². The molecule has 0 atom stereocenters. The van der Waals surface area contributed by atoms with Gasteiger partial charge in [-0.2, -0.15) is 0 Å². The van der Waals surface area contributed by atoms with Gasteiger partial charge < -0.3 is 4.90 Å². The van der Waals surface area contributed by atoms with E-state index in [9.17, 15) is 9.59 Å². The van der Waals surface area contributed by atoms with Crippen LogP contribution in [0.25, 0.3) is 0 Å². The highest BCUT2D eigenvalue weighted by Crippen LogP contribution is 2.07. The van der Waals surface area contributed by atoms with Crippen molar-refractivity contribution in [1.82, 2.24) is 10.2 Å². The van der Waals surface area contributed by atoms with Gasteiger partial charge in [0.15, 0.2) is 0 Å². The monoisotopic (exact) mass is 226 g/mol. The summed E-state index contributed by atoms with van der Waals surface area (Å²) in [5, 5.41) is 2.34. The number of urea groups is 1. The lowest BCUT2D eigenvalue weighted by molar-refractivity contribution is -0.121. The molecule has 3 amide bonds. The largest absolute Gasteiger partial charge is 0.324 e. The van der Waals surface area contributed by atoms with Crippen LogP contribution in [-0.2, 0) is 4.79 Å². The first kappa shape index (κ1) is 13.0. The maximum absolute atomic E-state index is 11.4. The van der Waals surface area contributed by atoms with E-state index in [4.69, 9.17) is 0 Å². The van der Waals surface area contributed by atoms with E-state index < -0.39 is 0 Å². The Hall–Kier alpha value is -1.06. The highest BCUT2D eigenvalue weighted by molar-refractivity contribution is 5.96. The lowest BCUT2D eigenvalue weighted by Crippen LogP contribution is -2.49. The molecule has 0 unspecified atom stereocenters. The van der Waals surface area contributed by atoms with Gasteiger partial charge in [0.05, 0.1) is 0 Å². The average molecular weight is 226 g/mol. The zero-order valence-electron chi connectivity index (χ0n) is 10.1. The molecule has 0 aromatic heterocycles. The molecule has 0 spiro atoms. The standard InChI is InChI=1S/C12H22N2O2/c1-2-3-4-5-6-7-9-14-10-8-11(15)13-12(14)16/h2-10H2,1H3,(H,13,15,16). The minimum atomic E-state index is -0.218. The van der Waals surface area contributed by atoms with Crippen LogP contribution in [0.15, 0.2) is 0 Å². The van der Waals surface area contributed by atoms with Gasteiger partial charge in [0.1, 0.15) is 0 Å². The molecule has 4 nitrogen and oxygen atoms in total. The van der Waals surface area contributed by atoms with Crippen molar-refractivity contribution in [2.75, 3.05) is 13.1 Å². The molecule has 0 aromatic rings. The molecule has 0 bridgehead atoms. The first-order chi connectivity index (χ1) is 7.74. The Morgan fingerprint density at radius 1 is 1.12 bits per heavy atom. The van der Waals surface area contributed by atoms with E-state index in [1.807, 2.05) is 0 Å². The van der Waals surface area contributed by atoms with E-state index >= 15 is 0 Å². The molecule has 0 saturated carbocycles. The van der Waals surface area contributed by atoms with Crippen LogP contribution in [0.1, 0.15) is 51.9 Å². The van der Waals surface area contributed by atoms with Crippen LogP contribution in [0.5, 0.6) is 0 Å². The Morgan fingerprint density at radius 2 is 1.81 bits per heavy atom. The number of amides is 3. The summed E-state index contributed by atoms with van der Waals surface area (Å²) in [7, 11) is 0. The van der Waals surface area contributed by atoms with Gasteiger partial charge in [-0.15, -0.1) is 0 Å². The first-order valence-electron chi connectivity index (χ1n) is 6.32. The van der Waals surface area contributed by atoms with Crippen molar-refractivity contribution in [3.8, 4) is 0 Å². The number of unbranched alkanes of at least 4 members (excludes halogenated alkanes) is 5. The van der Waals surface area contributed by atoms with Crippen molar-refractivity contribution < 1.29 is 9.59 Å². The quantitative estimate of drug-likeness (QED) is 0.677. The fraction of sp³-hybridized carbons (Fsp3) is 0.833. The van der Waals surface area contributed by atoms with E-state index in [0.717, 1.165) is 13.0 Å². The fourth-order valence-corrected chi connectivity index (χ4v) is 1.90. The number of hydrogen-bond donors (Lipinski definition) is 1. The molecule has 0 aliphatic carbocycles. The Kier molecular flexibility index (Phi) is 5.90. The summed E-state index contributed by atoms with van der Waals surface area (Å²) in [6.45, 7) is 3.57. The molecule has 1 heterocycles. The molecule has 0 aromatic carbocycles. The predicted molar refractivity (Wildman–Crippen MR) is 63.1 cm³/mol. The molecule has 1 rings (SSSR count). The molecule has 0 radical (unpaired) electrons. The Bertz CT molecular complexity index is 241. The van der Waals surface area contributed by atoms with Crippen molar-refractivity contribution in [3.63, 3.8) is 0 Å². The van der Waals surface area contributed by atoms with Crippen molar-refractivity contribution in [2.24, 2.45) is 0 Å². The second-order valence-corrected chi connectivity index (χ2v) is 4.36. The topological polar surface area (TPSA) is 49.4 Å². The predicted octanol–water partition coefficient (Wildman–Crippen LogP) is 2.29. The van der Waals surface area contributed by atoms with Crippen LogP contribution in [0.3, 0.4) is 0 Å². The van der Waals surface area contributed by atoms with Crippen molar-refractivity contribution >= 4 is 11.9 Å². The molecule has 1 aliphatic rings. The molecule has 92 valence electrons. The first-order valence-corrected chi connectivity index (χ1v) is 6.32. The number of carbonyl (C=O) groups is 2. The van der Waals surface area contributed by atoms with E-state index in [1.165, 1.54) is 32.1 Å². The second-order valence-electron chi connectivity index (χ2n) is 4.36. The Morgan fingerprint density at radius 3 is 2.50 bits per heavy atom. The Balaban J connectivity index is 2.04. The summed E-state index contributed by atoms with van der Waals surface area (Å²) in [6.07, 6.45) is 7.78. The summed E-state index contributed by atoms with van der Waals surface area (Å²) < 4.78 is 0. The fourth-order valence-electron chi connectivity index (χ4n) is 1.90. The maximum atomic E-state index is 11.4. The zero-order chi connectivity index (χ0) is 11.8. The SMILES string of the molecule is CCCCCCCCN1CCC(=O)NC1=O. The minimum absolute atomic E-state index is 0.149. The molecule has 1 aliphatic heterocycles. The molecular formula is C12H22N2O2. The van der Waals surface area contributed by atoms with Gasteiger partial charge >= 0.3 is 6.03 Å². The van der Waals surface area contributed by atoms with Crippen molar-refractivity contribution in [1.29, 1.82) is 0 Å². The third kappa shape index (κ3) is 4.64. The number of imide groups is 1. The summed E-state index contributed by atoms with van der Waals surface area (Å²) in [4.78, 5) is 24.0. The summed E-state index contributed by atoms with van der Waals surface area (Å²) in [5.74, 6) is -0.149. The molecular weight excluding hydrogens is 204 g/mol. The van der Waals surface area contributed by atoms with Gasteiger partial charge in [-0.05, 0) is 6.42 Å². The molecule has 16 heavy (non-hydrogen) atoms. The normalized spacial score (nSPS) is 16.4. The highest BCUT2D eigenvalue weighted by atomic mass is 16.2. The average Bonchev–Trinajstić information content (AvgIpc) is 2.26. The van der Waals surface area contributed by atoms with Crippen molar-refractivity contribution in [3.05, 3.63) is 0 Å². The third-order valence-electron chi connectivity index (χ3n) is 2.92. The van der Waals surface area contributed by atoms with Gasteiger partial charge in [-0.3, -0.25) is 10.1 Å². The molecule has 1 N–H and O–H groups in total. The van der Waals surface area contributed by atoms with Crippen molar-refractivity contribution in [2.45, 2.75) is 51.9 Å². The van der Waals surface area contributed by atoms with Gasteiger partial charge in [0, 0.05) is 19.5 Å². The lowest BCUT2D eigenvalue weighted by atomic mass is 10.1. The van der Waals surface area contributed by atoms with Crippen LogP contribution >= 0.6 is 0 Å². The van der Waals surface area contributed by atoms with Crippen LogP contribution < -0.4 is 5.32 Å². The molecule has 4 heteroatoms. The lowest BCUT2D eigenvalue weighted by Gasteiger charge is -2.26. The number of carbonyl (C=O) groups excluding carboxylic acids is 2. The summed E-state index contributed by atoms with van der Waals surface area (Å²) >= 11 is 0. The van der Waals surface area contributed by atoms with Crippen LogP contribution in [0.4, 0.5) is 4.79 Å². The van der Waals surface area contributed by atoms with Crippen LogP contribution in [-0.4, -0.2) is 29.9 Å². The smallest absolute Gasteiger partial charge is 0.324 e. The summed E-state index contributed by atoms with van der Waals surface area (Å²) in [5.41, 5.74) is 0. The maximum Gasteiger partial charge on any atom is 0.324 e. The van der Waals surface area contributed by atoms with Crippen LogP contribution in [0, 0.1) is 0 Å². The zero-order valence-corrected chi connectivity index (χ0v) is 10.1. The van der Waals surface area contributed by atoms with Gasteiger partial charge in [-0.1, -0.05) is 39.0 Å². The second kappa shape index (κ2) is 7.25. The van der Waals surface area contributed by atoms with E-state index in [0.29, 0.717) is 13.0 Å². The molecule has 1 saturated heterocycles. The Labute approximate surface area is 97.4 Å². The number of hydrogen-bond acceptors (Lipinski definition) is 2. The number of nitrogens with one attached hydrogen (secondary N) is 1. The minimum Gasteiger partial charge on any atom is -0.324 e. The third-order valence-corrected chi connectivity index (χ3v) is 2.92. The van der Waals surface area contributed by atoms with Crippen LogP contribution in [0.2, 0.25) is 0 Å². The van der Waals surface area contributed by atoms with Gasteiger partial charge in [-0.25, -0.2) is 4.79 Å². The number of rotatable bonds is 7. The highest BCUT2D eigenvalue weighted by Gasteiger charge is 2.21. The molecule has 1 fully saturated rings. The summed E-state index contributed by atoms with van der Waals surface area (Å²) in [6, 6.07) is -0.218.